The van der Waals surface area contributed by atoms with E-state index in [0.717, 1.165) is 5.56 Å². The van der Waals surface area contributed by atoms with E-state index in [2.05, 4.69) is 15.5 Å². The first-order valence-corrected chi connectivity index (χ1v) is 4.35. The van der Waals surface area contributed by atoms with Gasteiger partial charge in [0.15, 0.2) is 0 Å². The average Bonchev–Trinajstić information content (AvgIpc) is 2.49. The molecule has 0 unspecified atom stereocenters. The first-order chi connectivity index (χ1) is 6.66. The fourth-order valence-corrected chi connectivity index (χ4v) is 1.40. The van der Waals surface area contributed by atoms with Crippen LogP contribution in [0.4, 0.5) is 4.39 Å². The number of halogens is 1. The molecule has 1 aromatic carbocycles. The van der Waals surface area contributed by atoms with Gasteiger partial charge < -0.3 is 0 Å². The van der Waals surface area contributed by atoms with E-state index >= 15 is 0 Å². The van der Waals surface area contributed by atoms with Crippen molar-refractivity contribution in [2.45, 2.75) is 6.92 Å². The van der Waals surface area contributed by atoms with E-state index in [1.165, 1.54) is 16.8 Å². The molecule has 14 heavy (non-hydrogen) atoms. The first kappa shape index (κ1) is 9.01. The van der Waals surface area contributed by atoms with Crippen LogP contribution in [0.5, 0.6) is 0 Å². The van der Waals surface area contributed by atoms with Crippen LogP contribution in [-0.4, -0.2) is 20.2 Å². The molecular weight excluding hydrogens is 203 g/mol. The van der Waals surface area contributed by atoms with Crippen molar-refractivity contribution in [2.75, 3.05) is 0 Å². The second-order valence-corrected chi connectivity index (χ2v) is 3.27. The third kappa shape index (κ3) is 1.56. The van der Waals surface area contributed by atoms with Crippen LogP contribution in [0.2, 0.25) is 0 Å². The normalized spacial score (nSPS) is 10.4. The zero-order valence-corrected chi connectivity index (χ0v) is 8.18. The second kappa shape index (κ2) is 3.30. The summed E-state index contributed by atoms with van der Waals surface area (Å²) in [4.78, 5) is 0. The highest BCUT2D eigenvalue weighted by Gasteiger charge is 2.02. The molecule has 0 amide bonds. The lowest BCUT2D eigenvalue weighted by Crippen LogP contribution is -1.98. The molecule has 1 heterocycles. The number of H-pyrrole nitrogens is 1. The maximum Gasteiger partial charge on any atom is 0.242 e. The Kier molecular flexibility index (Phi) is 2.12. The predicted molar refractivity (Wildman–Crippen MR) is 51.2 cm³/mol. The Morgan fingerprint density at radius 1 is 1.43 bits per heavy atom. The van der Waals surface area contributed by atoms with E-state index in [4.69, 9.17) is 12.2 Å². The minimum absolute atomic E-state index is 0.273. The van der Waals surface area contributed by atoms with E-state index < -0.39 is 0 Å². The van der Waals surface area contributed by atoms with Gasteiger partial charge in [-0.3, -0.25) is 0 Å². The monoisotopic (exact) mass is 210 g/mol. The molecule has 0 aliphatic heterocycles. The van der Waals surface area contributed by atoms with Gasteiger partial charge >= 0.3 is 0 Å². The highest BCUT2D eigenvalue weighted by Crippen LogP contribution is 2.11. The molecule has 72 valence electrons. The minimum Gasteiger partial charge on any atom is -0.209 e. The Morgan fingerprint density at radius 3 is 2.79 bits per heavy atom. The molecule has 0 atom stereocenters. The molecule has 0 aliphatic rings. The molecule has 1 N–H and O–H groups in total. The molecule has 2 aromatic rings. The minimum atomic E-state index is -0.309. The Bertz CT molecular complexity index is 496. The lowest BCUT2D eigenvalue weighted by molar-refractivity contribution is 0.623. The summed E-state index contributed by atoms with van der Waals surface area (Å²) in [6.45, 7) is 1.81. The van der Waals surface area contributed by atoms with E-state index in [1.807, 2.05) is 0 Å². The van der Waals surface area contributed by atoms with Crippen LogP contribution in [0.15, 0.2) is 18.2 Å². The number of tetrazole rings is 1. The molecule has 0 radical (unpaired) electrons. The predicted octanol–water partition coefficient (Wildman–Crippen LogP) is 1.77. The van der Waals surface area contributed by atoms with Gasteiger partial charge in [-0.2, -0.15) is 5.21 Å². The van der Waals surface area contributed by atoms with Gasteiger partial charge in [0.2, 0.25) is 4.77 Å². The third-order valence-corrected chi connectivity index (χ3v) is 2.02. The topological polar surface area (TPSA) is 46.5 Å². The molecule has 4 nitrogen and oxygen atoms in total. The standard InChI is InChI=1S/C8H7FN4S/c1-5-2-6(9)4-7(3-5)13-8(14)10-11-12-13/h2-4H,1H3,(H,10,12,14). The van der Waals surface area contributed by atoms with Crippen LogP contribution >= 0.6 is 12.2 Å². The van der Waals surface area contributed by atoms with Gasteiger partial charge in [0, 0.05) is 0 Å². The molecule has 0 spiro atoms. The van der Waals surface area contributed by atoms with Crippen LogP contribution in [0, 0.1) is 17.5 Å². The van der Waals surface area contributed by atoms with E-state index in [9.17, 15) is 4.39 Å². The SMILES string of the molecule is Cc1cc(F)cc(-n2[nH]nnc2=S)c1. The number of rotatable bonds is 1. The number of hydrogen-bond acceptors (Lipinski definition) is 3. The molecule has 0 aliphatic carbocycles. The quantitative estimate of drug-likeness (QED) is 0.730. The molecule has 0 fully saturated rings. The van der Waals surface area contributed by atoms with Crippen molar-refractivity contribution in [3.63, 3.8) is 0 Å². The van der Waals surface area contributed by atoms with E-state index in [1.54, 1.807) is 13.0 Å². The summed E-state index contributed by atoms with van der Waals surface area (Å²) in [7, 11) is 0. The highest BCUT2D eigenvalue weighted by molar-refractivity contribution is 7.71. The summed E-state index contributed by atoms with van der Waals surface area (Å²) < 4.78 is 14.8. The largest absolute Gasteiger partial charge is 0.242 e. The van der Waals surface area contributed by atoms with Crippen molar-refractivity contribution in [1.82, 2.24) is 20.2 Å². The van der Waals surface area contributed by atoms with Crippen molar-refractivity contribution < 1.29 is 4.39 Å². The first-order valence-electron chi connectivity index (χ1n) is 3.94. The number of hydrogen-bond donors (Lipinski definition) is 1. The molecule has 0 saturated carbocycles. The number of aromatic nitrogens is 4. The van der Waals surface area contributed by atoms with E-state index in [-0.39, 0.29) is 10.6 Å². The fraction of sp³-hybridized carbons (Fsp3) is 0.125. The maximum absolute atomic E-state index is 13.0. The summed E-state index contributed by atoms with van der Waals surface area (Å²) in [6, 6.07) is 4.60. The number of aryl methyl sites for hydroxylation is 1. The molecule has 1 aromatic heterocycles. The lowest BCUT2D eigenvalue weighted by Gasteiger charge is -2.01. The number of nitrogens with one attached hydrogen (secondary N) is 1. The van der Waals surface area contributed by atoms with Gasteiger partial charge in [0.1, 0.15) is 5.82 Å². The van der Waals surface area contributed by atoms with Crippen molar-refractivity contribution in [3.8, 4) is 5.69 Å². The van der Waals surface area contributed by atoms with Crippen molar-refractivity contribution in [3.05, 3.63) is 34.4 Å². The summed E-state index contributed by atoms with van der Waals surface area (Å²) in [5, 5.41) is 9.68. The molecule has 2 rings (SSSR count). The Morgan fingerprint density at radius 2 is 2.21 bits per heavy atom. The summed E-state index contributed by atoms with van der Waals surface area (Å²) >= 11 is 4.89. The van der Waals surface area contributed by atoms with E-state index in [0.29, 0.717) is 5.69 Å². The van der Waals surface area contributed by atoms with Gasteiger partial charge in [-0.05, 0) is 42.9 Å². The Balaban J connectivity index is 2.63. The molecule has 0 bridgehead atoms. The van der Waals surface area contributed by atoms with Crippen molar-refractivity contribution in [2.24, 2.45) is 0 Å². The number of aromatic amines is 1. The van der Waals surface area contributed by atoms with Gasteiger partial charge in [-0.1, -0.05) is 10.3 Å². The van der Waals surface area contributed by atoms with Crippen LogP contribution in [-0.2, 0) is 0 Å². The second-order valence-electron chi connectivity index (χ2n) is 2.90. The average molecular weight is 210 g/mol. The van der Waals surface area contributed by atoms with Gasteiger partial charge in [0.25, 0.3) is 0 Å². The van der Waals surface area contributed by atoms with Gasteiger partial charge in [-0.15, -0.1) is 0 Å². The van der Waals surface area contributed by atoms with Crippen LogP contribution < -0.4 is 0 Å². The van der Waals surface area contributed by atoms with Crippen LogP contribution in [0.1, 0.15) is 5.56 Å². The number of benzene rings is 1. The molecule has 6 heteroatoms. The van der Waals surface area contributed by atoms with Crippen LogP contribution in [0.25, 0.3) is 5.69 Å². The molecule has 0 saturated heterocycles. The third-order valence-electron chi connectivity index (χ3n) is 1.76. The lowest BCUT2D eigenvalue weighted by atomic mass is 10.2. The van der Waals surface area contributed by atoms with Crippen molar-refractivity contribution in [1.29, 1.82) is 0 Å². The fourth-order valence-electron chi connectivity index (χ4n) is 1.21. The number of nitrogens with zero attached hydrogens (tertiary/aromatic N) is 3. The molecular formula is C8H7FN4S. The Labute approximate surface area is 84.4 Å². The smallest absolute Gasteiger partial charge is 0.209 e. The van der Waals surface area contributed by atoms with Crippen LogP contribution in [0.3, 0.4) is 0 Å². The summed E-state index contributed by atoms with van der Waals surface area (Å²) in [5.41, 5.74) is 1.41. The summed E-state index contributed by atoms with van der Waals surface area (Å²) in [6.07, 6.45) is 0. The van der Waals surface area contributed by atoms with Gasteiger partial charge in [0.05, 0.1) is 5.69 Å². The van der Waals surface area contributed by atoms with Gasteiger partial charge in [-0.25, -0.2) is 9.07 Å². The van der Waals surface area contributed by atoms with Crippen molar-refractivity contribution >= 4 is 12.2 Å². The Hall–Kier alpha value is -1.56. The summed E-state index contributed by atoms with van der Waals surface area (Å²) in [5.74, 6) is -0.309. The maximum atomic E-state index is 13.0. The highest BCUT2D eigenvalue weighted by atomic mass is 32.1. The zero-order valence-electron chi connectivity index (χ0n) is 7.36. The zero-order chi connectivity index (χ0) is 10.1.